The van der Waals surface area contributed by atoms with Crippen LogP contribution in [0.4, 0.5) is 14.6 Å². The molecule has 1 saturated heterocycles. The number of aliphatic hydroxyl groups excluding tert-OH is 1. The normalized spacial score (nSPS) is 21.2. The van der Waals surface area contributed by atoms with E-state index in [0.717, 1.165) is 57.9 Å². The third kappa shape index (κ3) is 14.6. The number of unbranched alkanes of at least 4 members (excludes halogenated alkanes) is 1. The Balaban J connectivity index is 1.60. The van der Waals surface area contributed by atoms with Gasteiger partial charge in [0.1, 0.15) is 11.9 Å². The maximum Gasteiger partial charge on any atom is 0.405 e. The minimum absolute atomic E-state index is 0.00894. The predicted molar refractivity (Wildman–Crippen MR) is 178 cm³/mol. The number of nitrogens with two attached hydrogens (primary N) is 1. The minimum atomic E-state index is -4.00. The fraction of sp³-hybridized carbons (Fsp3) is 0.531. The molecule has 0 spiro atoms. The number of hydrogen-bond donors (Lipinski definition) is 4. The number of nitrogen functional groups attached to an aromatic ring is 1. The molecule has 1 fully saturated rings. The molecule has 0 saturated carbocycles. The van der Waals surface area contributed by atoms with Crippen molar-refractivity contribution in [1.29, 1.82) is 0 Å². The summed E-state index contributed by atoms with van der Waals surface area (Å²) in [6.07, 6.45) is 22.5. The van der Waals surface area contributed by atoms with Crippen molar-refractivity contribution in [2.24, 2.45) is 0 Å². The van der Waals surface area contributed by atoms with Gasteiger partial charge in [-0.05, 0) is 51.0 Å². The van der Waals surface area contributed by atoms with Gasteiger partial charge in [-0.3, -0.25) is 13.9 Å². The maximum atomic E-state index is 14.7. The zero-order chi connectivity index (χ0) is 34.5. The Morgan fingerprint density at radius 1 is 1.09 bits per heavy atom. The molecule has 1 aliphatic heterocycles. The molecule has 1 aromatic heterocycles. The lowest BCUT2D eigenvalue weighted by Gasteiger charge is -2.21. The van der Waals surface area contributed by atoms with Crippen molar-refractivity contribution in [2.75, 3.05) is 32.5 Å². The van der Waals surface area contributed by atoms with Crippen LogP contribution in [-0.4, -0.2) is 65.5 Å². The second kappa shape index (κ2) is 21.6. The molecule has 5 N–H and O–H groups in total. The highest BCUT2D eigenvalue weighted by atomic mass is 31.2. The number of aromatic nitrogens is 2. The van der Waals surface area contributed by atoms with Gasteiger partial charge in [0.05, 0.1) is 6.61 Å². The molecule has 0 bridgehead atoms. The smallest absolute Gasteiger partial charge is 0.384 e. The Kier molecular flexibility index (Phi) is 18.3. The molecule has 0 radical (unpaired) electrons. The Hall–Kier alpha value is -3.26. The highest BCUT2D eigenvalue weighted by Gasteiger charge is 2.60. The van der Waals surface area contributed by atoms with Gasteiger partial charge in [-0.2, -0.15) is 13.8 Å². The first-order valence-electron chi connectivity index (χ1n) is 15.7. The number of carbonyl (C=O) groups is 1. The molecule has 4 unspecified atom stereocenters. The SMILES string of the molecule is CCC=CCC=CCC=CCC=CCC=CCCCC(=O)NCCNP(=O)(OC)OCC1OC(n2ccc(N)nc2=O)C(F)(F)C1O. The van der Waals surface area contributed by atoms with Crippen molar-refractivity contribution in [1.82, 2.24) is 20.0 Å². The molecular weight excluding hydrogens is 635 g/mol. The van der Waals surface area contributed by atoms with E-state index >= 15 is 0 Å². The summed E-state index contributed by atoms with van der Waals surface area (Å²) in [5, 5.41) is 15.3. The van der Waals surface area contributed by atoms with Crippen molar-refractivity contribution < 1.29 is 37.0 Å². The lowest BCUT2D eigenvalue weighted by molar-refractivity contribution is -0.140. The Morgan fingerprint density at radius 2 is 1.68 bits per heavy atom. The van der Waals surface area contributed by atoms with Crippen LogP contribution in [0.5, 0.6) is 0 Å². The van der Waals surface area contributed by atoms with E-state index in [1.54, 1.807) is 0 Å². The first-order valence-corrected chi connectivity index (χ1v) is 17.2. The number of anilines is 1. The number of ether oxygens (including phenoxy) is 1. The minimum Gasteiger partial charge on any atom is -0.384 e. The lowest BCUT2D eigenvalue weighted by Crippen LogP contribution is -2.42. The summed E-state index contributed by atoms with van der Waals surface area (Å²) in [7, 11) is -2.92. The zero-order valence-electron chi connectivity index (χ0n) is 27.0. The molecule has 1 aromatic rings. The van der Waals surface area contributed by atoms with Gasteiger partial charge in [0.25, 0.3) is 0 Å². The van der Waals surface area contributed by atoms with Crippen LogP contribution in [0.15, 0.2) is 77.8 Å². The van der Waals surface area contributed by atoms with E-state index in [1.165, 1.54) is 0 Å². The third-order valence-electron chi connectivity index (χ3n) is 6.82. The van der Waals surface area contributed by atoms with Crippen LogP contribution in [0, 0.1) is 0 Å². The van der Waals surface area contributed by atoms with Crippen molar-refractivity contribution in [3.63, 3.8) is 0 Å². The summed E-state index contributed by atoms with van der Waals surface area (Å²) in [6.45, 7) is 1.47. The van der Waals surface area contributed by atoms with E-state index in [1.807, 2.05) is 6.08 Å². The Labute approximate surface area is 275 Å². The summed E-state index contributed by atoms with van der Waals surface area (Å²) in [6, 6.07) is 1.13. The highest BCUT2D eigenvalue weighted by molar-refractivity contribution is 7.51. The van der Waals surface area contributed by atoms with Crippen molar-refractivity contribution >= 4 is 19.5 Å². The predicted octanol–water partition coefficient (Wildman–Crippen LogP) is 5.12. The monoisotopic (exact) mass is 683 g/mol. The molecule has 4 atom stereocenters. The Morgan fingerprint density at radius 3 is 2.26 bits per heavy atom. The fourth-order valence-electron chi connectivity index (χ4n) is 4.28. The van der Waals surface area contributed by atoms with Gasteiger partial charge in [0, 0.05) is 32.8 Å². The molecule has 12 nitrogen and oxygen atoms in total. The number of hydrogen-bond acceptors (Lipinski definition) is 9. The van der Waals surface area contributed by atoms with Gasteiger partial charge in [0.2, 0.25) is 12.1 Å². The van der Waals surface area contributed by atoms with Gasteiger partial charge in [0.15, 0.2) is 6.10 Å². The number of carbonyl (C=O) groups excluding carboxylic acids is 1. The maximum absolute atomic E-state index is 14.7. The molecular formula is C32H48F2N5O7P. The van der Waals surface area contributed by atoms with E-state index in [2.05, 4.69) is 77.0 Å². The van der Waals surface area contributed by atoms with Gasteiger partial charge >= 0.3 is 19.4 Å². The van der Waals surface area contributed by atoms with Crippen LogP contribution >= 0.6 is 7.75 Å². The molecule has 47 heavy (non-hydrogen) atoms. The largest absolute Gasteiger partial charge is 0.405 e. The second-order valence-corrected chi connectivity index (χ2v) is 12.5. The van der Waals surface area contributed by atoms with E-state index in [4.69, 9.17) is 19.5 Å². The summed E-state index contributed by atoms with van der Waals surface area (Å²) in [5.41, 5.74) is 4.30. The lowest BCUT2D eigenvalue weighted by atomic mass is 10.1. The van der Waals surface area contributed by atoms with E-state index in [0.29, 0.717) is 17.4 Å². The zero-order valence-corrected chi connectivity index (χ0v) is 27.9. The fourth-order valence-corrected chi connectivity index (χ4v) is 5.33. The molecule has 0 aromatic carbocycles. The second-order valence-electron chi connectivity index (χ2n) is 10.5. The molecule has 262 valence electrons. The van der Waals surface area contributed by atoms with Gasteiger partial charge in [-0.15, -0.1) is 0 Å². The number of nitrogens with zero attached hydrogens (tertiary/aromatic N) is 2. The molecule has 15 heteroatoms. The van der Waals surface area contributed by atoms with Crippen molar-refractivity contribution in [3.8, 4) is 0 Å². The Bertz CT molecular complexity index is 1350. The van der Waals surface area contributed by atoms with Crippen molar-refractivity contribution in [3.05, 3.63) is 83.5 Å². The number of halogens is 2. The average Bonchev–Trinajstić information content (AvgIpc) is 3.27. The quantitative estimate of drug-likeness (QED) is 0.0732. The molecule has 1 amide bonds. The van der Waals surface area contributed by atoms with Crippen LogP contribution in [0.2, 0.25) is 0 Å². The van der Waals surface area contributed by atoms with Crippen LogP contribution < -0.4 is 21.8 Å². The molecule has 1 aliphatic rings. The molecule has 2 heterocycles. The highest BCUT2D eigenvalue weighted by Crippen LogP contribution is 2.46. The van der Waals surface area contributed by atoms with Crippen LogP contribution in [0.25, 0.3) is 0 Å². The first kappa shape index (κ1) is 39.9. The molecule has 0 aliphatic carbocycles. The van der Waals surface area contributed by atoms with E-state index in [-0.39, 0.29) is 24.8 Å². The van der Waals surface area contributed by atoms with Gasteiger partial charge in [-0.1, -0.05) is 67.7 Å². The average molecular weight is 684 g/mol. The van der Waals surface area contributed by atoms with Crippen molar-refractivity contribution in [2.45, 2.75) is 82.6 Å². The topological polar surface area (TPSA) is 167 Å². The number of aliphatic hydroxyl groups is 1. The number of rotatable bonds is 22. The number of nitrogens with one attached hydrogen (secondary N) is 2. The van der Waals surface area contributed by atoms with E-state index < -0.39 is 44.4 Å². The van der Waals surface area contributed by atoms with Crippen LogP contribution in [0.3, 0.4) is 0 Å². The van der Waals surface area contributed by atoms with Gasteiger partial charge in [-0.25, -0.2) is 14.4 Å². The number of amides is 1. The standard InChI is InChI=1S/C32H48F2N5O7P/c1-3-4-5-6-7-8-9-10-11-12-13-14-15-16-17-18-19-20-28(40)36-22-23-37-47(43,44-2)45-25-26-29(41)32(33,34)30(46-26)39-24-21-27(35)38-31(39)42/h4-5,7-8,10-11,13-14,16-17,21,24,26,29-30,41H,3,6,9,12,15,18-20,22-23,25H2,1-2H3,(H,36,40)(H,37,43)(H2,35,38,42). The summed E-state index contributed by atoms with van der Waals surface area (Å²) >= 11 is 0. The van der Waals surface area contributed by atoms with E-state index in [9.17, 15) is 28.0 Å². The summed E-state index contributed by atoms with van der Waals surface area (Å²) < 4.78 is 58.0. The number of alkyl halides is 2. The van der Waals surface area contributed by atoms with Gasteiger partial charge < -0.3 is 25.4 Å². The third-order valence-corrected chi connectivity index (χ3v) is 8.40. The van der Waals surface area contributed by atoms with Crippen LogP contribution in [0.1, 0.15) is 64.5 Å². The summed E-state index contributed by atoms with van der Waals surface area (Å²) in [4.78, 5) is 27.5. The van der Waals surface area contributed by atoms with Crippen LogP contribution in [-0.2, 0) is 23.1 Å². The summed E-state index contributed by atoms with van der Waals surface area (Å²) in [5.74, 6) is -4.24. The number of allylic oxidation sites excluding steroid dienone is 10. The first-order chi connectivity index (χ1) is 22.5. The molecule has 2 rings (SSSR count).